The number of nitrogens with zero attached hydrogens (tertiary/aromatic N) is 3. The van der Waals surface area contributed by atoms with Crippen molar-refractivity contribution in [3.8, 4) is 5.69 Å². The number of fused-ring (bicyclic) bond motifs is 3. The first-order chi connectivity index (χ1) is 19.5. The van der Waals surface area contributed by atoms with Crippen LogP contribution in [0, 0.1) is 5.92 Å². The molecule has 0 saturated carbocycles. The van der Waals surface area contributed by atoms with E-state index in [-0.39, 0.29) is 36.9 Å². The topological polar surface area (TPSA) is 111 Å². The molecule has 2 aliphatic rings. The number of unbranched alkanes of at least 4 members (excludes halogenated alkanes) is 1. The highest BCUT2D eigenvalue weighted by Crippen LogP contribution is 2.60. The van der Waals surface area contributed by atoms with Crippen molar-refractivity contribution in [1.82, 2.24) is 9.78 Å². The minimum Gasteiger partial charge on any atom is -0.469 e. The van der Waals surface area contributed by atoms with Gasteiger partial charge in [-0.05, 0) is 56.6 Å². The van der Waals surface area contributed by atoms with Crippen molar-refractivity contribution < 1.29 is 28.3 Å². The van der Waals surface area contributed by atoms with Crippen LogP contribution in [0.15, 0.2) is 53.5 Å². The minimum atomic E-state index is -3.34. The van der Waals surface area contributed by atoms with Gasteiger partial charge in [0, 0.05) is 42.0 Å². The molecule has 9 nitrogen and oxygen atoms in total. The molecule has 3 heterocycles. The maximum Gasteiger partial charge on any atom is 0.305 e. The number of anilines is 1. The first-order valence-electron chi connectivity index (χ1n) is 14.0. The molecule has 11 heteroatoms. The molecule has 0 unspecified atom stereocenters. The summed E-state index contributed by atoms with van der Waals surface area (Å²) in [6, 6.07) is 12.5. The zero-order valence-electron chi connectivity index (χ0n) is 23.8. The Kier molecular flexibility index (Phi) is 7.88. The van der Waals surface area contributed by atoms with Crippen LogP contribution in [0.5, 0.6) is 0 Å². The second kappa shape index (κ2) is 11.1. The molecule has 1 spiro atoms. The average Bonchev–Trinajstić information content (AvgIpc) is 3.37. The molecular weight excluding hydrogens is 545 g/mol. The molecule has 5 rings (SSSR count). The highest BCUT2D eigenvalue weighted by atomic mass is 28.4. The monoisotopic (exact) mass is 581 g/mol. The lowest BCUT2D eigenvalue weighted by Crippen LogP contribution is -2.45. The van der Waals surface area contributed by atoms with Gasteiger partial charge in [0.15, 0.2) is 5.60 Å². The van der Waals surface area contributed by atoms with E-state index < -0.39 is 31.6 Å². The lowest BCUT2D eigenvalue weighted by Gasteiger charge is -2.31. The fourth-order valence-corrected chi connectivity index (χ4v) is 9.24. The Hall–Kier alpha value is -3.41. The molecule has 1 saturated heterocycles. The number of hydrogen-bond acceptors (Lipinski definition) is 7. The van der Waals surface area contributed by atoms with E-state index in [4.69, 9.17) is 9.47 Å². The van der Waals surface area contributed by atoms with E-state index in [0.717, 1.165) is 5.39 Å². The normalized spacial score (nSPS) is 23.9. The third-order valence-electron chi connectivity index (χ3n) is 8.54. The average molecular weight is 582 g/mol. The number of methoxy groups -OCH3 is 1. The van der Waals surface area contributed by atoms with Crippen LogP contribution in [0.3, 0.4) is 0 Å². The van der Waals surface area contributed by atoms with Gasteiger partial charge in [0.1, 0.15) is 0 Å². The number of esters is 1. The largest absolute Gasteiger partial charge is 0.469 e. The number of halogens is 1. The predicted octanol–water partition coefficient (Wildman–Crippen LogP) is 4.23. The summed E-state index contributed by atoms with van der Waals surface area (Å²) in [4.78, 5) is 41.0. The van der Waals surface area contributed by atoms with Crippen molar-refractivity contribution in [2.75, 3.05) is 25.2 Å². The van der Waals surface area contributed by atoms with Gasteiger partial charge in [-0.2, -0.15) is 9.78 Å². The van der Waals surface area contributed by atoms with Gasteiger partial charge in [0.25, 0.3) is 11.5 Å². The molecule has 4 atom stereocenters. The number of amides is 1. The quantitative estimate of drug-likeness (QED) is 0.174. The minimum absolute atomic E-state index is 0.191. The molecule has 1 aromatic heterocycles. The predicted molar refractivity (Wildman–Crippen MR) is 155 cm³/mol. The summed E-state index contributed by atoms with van der Waals surface area (Å²) in [6.45, 7) is 5.22. The first-order valence-corrected chi connectivity index (χ1v) is 17.0. The Morgan fingerprint density at radius 3 is 2.66 bits per heavy atom. The molecule has 41 heavy (non-hydrogen) atoms. The van der Waals surface area contributed by atoms with E-state index in [0.29, 0.717) is 41.7 Å². The number of aliphatic hydroxyl groups excluding tert-OH is 1. The molecule has 1 amide bonds. The summed E-state index contributed by atoms with van der Waals surface area (Å²) in [7, 11) is -2.00. The number of hydrogen-bond donors (Lipinski definition) is 1. The van der Waals surface area contributed by atoms with Crippen molar-refractivity contribution in [3.05, 3.63) is 64.6 Å². The van der Waals surface area contributed by atoms with Crippen molar-refractivity contribution in [1.29, 1.82) is 0 Å². The van der Waals surface area contributed by atoms with Crippen LogP contribution in [-0.4, -0.2) is 61.5 Å². The highest BCUT2D eigenvalue weighted by molar-refractivity contribution is 6.72. The van der Waals surface area contributed by atoms with Gasteiger partial charge in [0.05, 0.1) is 36.2 Å². The van der Waals surface area contributed by atoms with Crippen molar-refractivity contribution in [2.45, 2.75) is 62.9 Å². The third kappa shape index (κ3) is 4.89. The van der Waals surface area contributed by atoms with E-state index in [1.165, 1.54) is 11.8 Å². The summed E-state index contributed by atoms with van der Waals surface area (Å²) >= 11 is 0. The zero-order chi connectivity index (χ0) is 29.5. The van der Waals surface area contributed by atoms with Gasteiger partial charge in [-0.25, -0.2) is 0 Å². The van der Waals surface area contributed by atoms with Gasteiger partial charge in [-0.15, -0.1) is 0 Å². The highest BCUT2D eigenvalue weighted by Gasteiger charge is 2.66. The van der Waals surface area contributed by atoms with Gasteiger partial charge >= 0.3 is 5.97 Å². The van der Waals surface area contributed by atoms with E-state index >= 15 is 4.11 Å². The smallest absolute Gasteiger partial charge is 0.305 e. The fourth-order valence-electron chi connectivity index (χ4n) is 6.70. The number of benzene rings is 2. The molecule has 218 valence electrons. The van der Waals surface area contributed by atoms with Crippen LogP contribution >= 0.6 is 0 Å². The first kappa shape index (κ1) is 29.1. The van der Waals surface area contributed by atoms with Crippen LogP contribution in [-0.2, 0) is 24.7 Å². The SMILES string of the molecule is COC(=O)CCCCN1C(=O)[C@]2(O[C@H](CCO)[C@@H]([Si](C)(C)F)[C@@H]2C)c2cc(-n3ncc4ccccc4c3=O)ccc21. The molecule has 2 aromatic carbocycles. The molecule has 3 aromatic rings. The molecule has 1 N–H and O–H groups in total. The summed E-state index contributed by atoms with van der Waals surface area (Å²) in [5.41, 5.74) is -0.653. The Bertz CT molecular complexity index is 1540. The maximum atomic E-state index is 15.8. The Labute approximate surface area is 239 Å². The summed E-state index contributed by atoms with van der Waals surface area (Å²) in [5.74, 6) is -1.13. The van der Waals surface area contributed by atoms with E-state index in [1.54, 1.807) is 54.5 Å². The number of ether oxygens (including phenoxy) is 2. The van der Waals surface area contributed by atoms with Gasteiger partial charge in [0.2, 0.25) is 8.41 Å². The number of carbonyl (C=O) groups excluding carboxylic acids is 2. The van der Waals surface area contributed by atoms with Crippen molar-refractivity contribution >= 4 is 36.7 Å². The Morgan fingerprint density at radius 2 is 1.95 bits per heavy atom. The molecule has 1 fully saturated rings. The van der Waals surface area contributed by atoms with E-state index in [9.17, 15) is 19.5 Å². The van der Waals surface area contributed by atoms with Gasteiger partial charge < -0.3 is 23.6 Å². The molecular formula is C30H36FN3O6Si. The Morgan fingerprint density at radius 1 is 1.20 bits per heavy atom. The molecule has 0 bridgehead atoms. The van der Waals surface area contributed by atoms with Crippen LogP contribution in [0.1, 0.15) is 38.2 Å². The standard InChI is InChI=1S/C30H36FN3O6Si/c1-19-27(41(3,4)31)25(14-16-35)40-30(19)23-17-21(34-28(37)22-10-6-5-9-20(22)18-32-34)12-13-24(23)33(29(30)38)15-8-7-11-26(36)39-2/h5-6,9-10,12-13,17-19,25,27,35H,7-8,11,14-16H2,1-4H3/t19-,25+,27-,30+/m0/s1. The van der Waals surface area contributed by atoms with E-state index in [1.807, 2.05) is 19.1 Å². The van der Waals surface area contributed by atoms with Crippen LogP contribution in [0.25, 0.3) is 16.5 Å². The van der Waals surface area contributed by atoms with Gasteiger partial charge in [-0.1, -0.05) is 25.1 Å². The summed E-state index contributed by atoms with van der Waals surface area (Å²) in [5, 5.41) is 15.4. The van der Waals surface area contributed by atoms with Crippen LogP contribution in [0.2, 0.25) is 18.6 Å². The molecule has 2 aliphatic heterocycles. The third-order valence-corrected chi connectivity index (χ3v) is 11.0. The number of rotatable bonds is 9. The molecule has 0 radical (unpaired) electrons. The van der Waals surface area contributed by atoms with E-state index in [2.05, 4.69) is 5.10 Å². The second-order valence-electron chi connectivity index (χ2n) is 11.4. The van der Waals surface area contributed by atoms with Crippen LogP contribution in [0.4, 0.5) is 9.80 Å². The number of aliphatic hydroxyl groups is 1. The second-order valence-corrected chi connectivity index (χ2v) is 15.2. The van der Waals surface area contributed by atoms with Crippen molar-refractivity contribution in [2.24, 2.45) is 5.92 Å². The van der Waals surface area contributed by atoms with Crippen molar-refractivity contribution in [3.63, 3.8) is 0 Å². The number of aromatic nitrogens is 2. The fraction of sp³-hybridized carbons (Fsp3) is 0.467. The lowest BCUT2D eigenvalue weighted by atomic mass is 9.82. The lowest BCUT2D eigenvalue weighted by molar-refractivity contribution is -0.146. The number of carbonyl (C=O) groups is 2. The summed E-state index contributed by atoms with van der Waals surface area (Å²) < 4.78 is 28.4. The Balaban J connectivity index is 1.62. The summed E-state index contributed by atoms with van der Waals surface area (Å²) in [6.07, 6.45) is 2.51. The maximum absolute atomic E-state index is 15.8. The van der Waals surface area contributed by atoms with Gasteiger partial charge in [-0.3, -0.25) is 14.4 Å². The zero-order valence-corrected chi connectivity index (χ0v) is 24.8. The molecule has 0 aliphatic carbocycles. The van der Waals surface area contributed by atoms with Crippen LogP contribution < -0.4 is 10.5 Å².